The fourth-order valence-electron chi connectivity index (χ4n) is 1.41. The number of ketones is 1. The molecule has 0 saturated carbocycles. The smallest absolute Gasteiger partial charge is 0.450 e. The van der Waals surface area contributed by atoms with Crippen LogP contribution in [0.2, 0.25) is 0 Å². The molecule has 0 N–H and O–H groups in total. The molecule has 1 atom stereocenters. The van der Waals surface area contributed by atoms with Crippen LogP contribution in [0.3, 0.4) is 0 Å². The highest BCUT2D eigenvalue weighted by Gasteiger charge is 2.36. The molecule has 0 aliphatic rings. The van der Waals surface area contributed by atoms with E-state index in [9.17, 15) is 27.9 Å². The summed E-state index contributed by atoms with van der Waals surface area (Å²) in [6.07, 6.45) is -5.27. The second kappa shape index (κ2) is 6.83. The van der Waals surface area contributed by atoms with Crippen molar-refractivity contribution in [1.82, 2.24) is 0 Å². The second-order valence-electron chi connectivity index (χ2n) is 3.98. The molecule has 20 heavy (non-hydrogen) atoms. The summed E-state index contributed by atoms with van der Waals surface area (Å²) in [5, 5.41) is 10.8. The van der Waals surface area contributed by atoms with Crippen molar-refractivity contribution in [3.63, 3.8) is 0 Å². The van der Waals surface area contributed by atoms with Gasteiger partial charge in [0.25, 0.3) is 0 Å². The van der Waals surface area contributed by atoms with Crippen LogP contribution < -0.4 is 5.11 Å². The van der Waals surface area contributed by atoms with E-state index >= 15 is 0 Å². The van der Waals surface area contributed by atoms with Crippen molar-refractivity contribution in [2.75, 3.05) is 0 Å². The van der Waals surface area contributed by atoms with Crippen LogP contribution in [0.1, 0.15) is 12.0 Å². The highest BCUT2D eigenvalue weighted by Crippen LogP contribution is 2.17. The minimum atomic E-state index is -4.94. The fraction of sp³-hybridized carbons (Fsp3) is 0.308. The Bertz CT molecular complexity index is 497. The van der Waals surface area contributed by atoms with E-state index in [1.807, 2.05) is 0 Å². The third kappa shape index (κ3) is 5.21. The summed E-state index contributed by atoms with van der Waals surface area (Å²) >= 11 is 0. The zero-order valence-electron chi connectivity index (χ0n) is 10.3. The molecule has 0 unspecified atom stereocenters. The number of carbonyl (C=O) groups excluding carboxylic acids is 2. The highest BCUT2D eigenvalue weighted by atomic mass is 19.4. The van der Waals surface area contributed by atoms with E-state index in [0.29, 0.717) is 11.8 Å². The zero-order chi connectivity index (χ0) is 15.2. The predicted octanol–water partition coefficient (Wildman–Crippen LogP) is 0.940. The molecule has 7 heteroatoms. The van der Waals surface area contributed by atoms with Crippen molar-refractivity contribution in [3.8, 4) is 0 Å². The molecule has 0 radical (unpaired) electrons. The van der Waals surface area contributed by atoms with Crippen molar-refractivity contribution in [1.29, 1.82) is 0 Å². The Morgan fingerprint density at radius 1 is 1.25 bits per heavy atom. The lowest BCUT2D eigenvalue weighted by atomic mass is 10.1. The van der Waals surface area contributed by atoms with Crippen molar-refractivity contribution in [3.05, 3.63) is 35.9 Å². The molecule has 0 bridgehead atoms. The monoisotopic (exact) mass is 286 g/mol. The lowest BCUT2D eigenvalue weighted by Gasteiger charge is -2.13. The van der Waals surface area contributed by atoms with Crippen LogP contribution in [0.5, 0.6) is 0 Å². The highest BCUT2D eigenvalue weighted by molar-refractivity contribution is 5.95. The van der Waals surface area contributed by atoms with Crippen molar-refractivity contribution in [2.24, 2.45) is 4.99 Å². The number of rotatable bonds is 6. The van der Waals surface area contributed by atoms with Crippen molar-refractivity contribution >= 4 is 18.0 Å². The third-order valence-electron chi connectivity index (χ3n) is 2.42. The molecule has 4 nitrogen and oxygen atoms in total. The van der Waals surface area contributed by atoms with Crippen molar-refractivity contribution in [2.45, 2.75) is 25.1 Å². The summed E-state index contributed by atoms with van der Waals surface area (Å²) in [5.41, 5.74) is 0.654. The topological polar surface area (TPSA) is 69.6 Å². The quantitative estimate of drug-likeness (QED) is 0.731. The first-order chi connectivity index (χ1) is 9.30. The van der Waals surface area contributed by atoms with Crippen LogP contribution in [0.4, 0.5) is 13.2 Å². The Morgan fingerprint density at radius 3 is 2.35 bits per heavy atom. The minimum Gasteiger partial charge on any atom is -0.548 e. The molecule has 1 rings (SSSR count). The van der Waals surface area contributed by atoms with Gasteiger partial charge in [-0.2, -0.15) is 13.2 Å². The molecule has 0 aliphatic heterocycles. The van der Waals surface area contributed by atoms with Gasteiger partial charge in [0.15, 0.2) is 0 Å². The Morgan fingerprint density at radius 2 is 1.85 bits per heavy atom. The van der Waals surface area contributed by atoms with Gasteiger partial charge in [-0.25, -0.2) is 0 Å². The second-order valence-corrected chi connectivity index (χ2v) is 3.98. The molecular formula is C13H11F3NO3-. The molecule has 0 fully saturated rings. The molecule has 1 aromatic rings. The first-order valence-electron chi connectivity index (χ1n) is 5.67. The molecule has 108 valence electrons. The summed E-state index contributed by atoms with van der Waals surface area (Å²) in [4.78, 5) is 24.9. The number of nitrogens with zero attached hydrogens (tertiary/aromatic N) is 1. The van der Waals surface area contributed by atoms with Crippen LogP contribution in [0.25, 0.3) is 0 Å². The Balaban J connectivity index is 2.65. The maximum absolute atomic E-state index is 11.9. The number of carbonyl (C=O) groups is 2. The Kier molecular flexibility index (Phi) is 5.42. The predicted molar refractivity (Wildman–Crippen MR) is 63.1 cm³/mol. The van der Waals surface area contributed by atoms with Gasteiger partial charge < -0.3 is 9.90 Å². The van der Waals surface area contributed by atoms with Gasteiger partial charge in [0.05, 0.1) is 18.4 Å². The summed E-state index contributed by atoms with van der Waals surface area (Å²) < 4.78 is 35.8. The normalized spacial score (nSPS) is 13.3. The number of Topliss-reactive ketones (excluding diaryl/α,β-unsaturated/α-hetero) is 1. The maximum atomic E-state index is 11.9. The number of aliphatic imine (C=N–C) groups is 1. The van der Waals surface area contributed by atoms with Gasteiger partial charge in [-0.05, 0) is 5.56 Å². The van der Waals surface area contributed by atoms with E-state index in [2.05, 4.69) is 4.99 Å². The molecule has 0 aliphatic carbocycles. The lowest BCUT2D eigenvalue weighted by molar-refractivity contribution is -0.307. The first-order valence-corrected chi connectivity index (χ1v) is 5.67. The van der Waals surface area contributed by atoms with Crippen LogP contribution in [-0.4, -0.2) is 30.2 Å². The van der Waals surface area contributed by atoms with Crippen LogP contribution in [0, 0.1) is 0 Å². The molecular weight excluding hydrogens is 275 g/mol. The molecule has 0 aromatic heterocycles. The SMILES string of the molecule is O=C([O-])[C@@H](Cc1ccccc1)N=CCC(=O)C(F)(F)F. The lowest BCUT2D eigenvalue weighted by Crippen LogP contribution is -2.36. The summed E-state index contributed by atoms with van der Waals surface area (Å²) in [6.45, 7) is 0. The third-order valence-corrected chi connectivity index (χ3v) is 2.42. The van der Waals surface area contributed by atoms with E-state index in [4.69, 9.17) is 0 Å². The average Bonchev–Trinajstić information content (AvgIpc) is 2.37. The minimum absolute atomic E-state index is 0.0140. The zero-order valence-corrected chi connectivity index (χ0v) is 10.3. The van der Waals surface area contributed by atoms with Gasteiger partial charge in [-0.3, -0.25) is 9.79 Å². The van der Waals surface area contributed by atoms with E-state index in [-0.39, 0.29) is 6.42 Å². The molecule has 1 aromatic carbocycles. The molecule has 0 spiro atoms. The largest absolute Gasteiger partial charge is 0.548 e. The molecule has 0 amide bonds. The van der Waals surface area contributed by atoms with Gasteiger partial charge in [0, 0.05) is 12.6 Å². The summed E-state index contributed by atoms with van der Waals surface area (Å²) in [7, 11) is 0. The molecule has 0 saturated heterocycles. The number of benzene rings is 1. The van der Waals surface area contributed by atoms with Gasteiger partial charge in [0.2, 0.25) is 5.78 Å². The Hall–Kier alpha value is -2.18. The van der Waals surface area contributed by atoms with E-state index in [0.717, 1.165) is 0 Å². The number of hydrogen-bond donors (Lipinski definition) is 0. The molecule has 0 heterocycles. The number of halogens is 3. The number of alkyl halides is 3. The maximum Gasteiger partial charge on any atom is 0.450 e. The van der Waals surface area contributed by atoms with Gasteiger partial charge in [-0.15, -0.1) is 0 Å². The van der Waals surface area contributed by atoms with Crippen molar-refractivity contribution < 1.29 is 27.9 Å². The Labute approximate surface area is 112 Å². The summed E-state index contributed by atoms with van der Waals surface area (Å²) in [6, 6.07) is 7.12. The first kappa shape index (κ1) is 15.9. The van der Waals surface area contributed by atoms with Crippen LogP contribution >= 0.6 is 0 Å². The van der Waals surface area contributed by atoms with Crippen LogP contribution in [-0.2, 0) is 16.0 Å². The number of hydrogen-bond acceptors (Lipinski definition) is 4. The standard InChI is InChI=1S/C13H12F3NO3/c14-13(15,16)11(18)6-7-17-10(12(19)20)8-9-4-2-1-3-5-9/h1-5,7,10H,6,8H2,(H,19,20)/p-1/t10-/m1/s1. The number of carboxylic acid groups (broad SMARTS) is 1. The van der Waals surface area contributed by atoms with E-state index in [1.54, 1.807) is 30.3 Å². The average molecular weight is 286 g/mol. The van der Waals surface area contributed by atoms with Gasteiger partial charge >= 0.3 is 6.18 Å². The van der Waals surface area contributed by atoms with Gasteiger partial charge in [-0.1, -0.05) is 30.3 Å². The number of carboxylic acids is 1. The van der Waals surface area contributed by atoms with E-state index < -0.39 is 30.4 Å². The van der Waals surface area contributed by atoms with Crippen LogP contribution in [0.15, 0.2) is 35.3 Å². The fourth-order valence-corrected chi connectivity index (χ4v) is 1.41. The number of aliphatic carboxylic acids is 1. The van der Waals surface area contributed by atoms with E-state index in [1.165, 1.54) is 0 Å². The summed E-state index contributed by atoms with van der Waals surface area (Å²) in [5.74, 6) is -3.48. The van der Waals surface area contributed by atoms with Gasteiger partial charge in [0.1, 0.15) is 0 Å².